The van der Waals surface area contributed by atoms with Crippen LogP contribution in [-0.4, -0.2) is 30.8 Å². The number of anilines is 1. The molecule has 0 aliphatic carbocycles. The van der Waals surface area contributed by atoms with Crippen molar-refractivity contribution in [1.82, 2.24) is 10.8 Å². The van der Waals surface area contributed by atoms with E-state index in [9.17, 15) is 9.59 Å². The van der Waals surface area contributed by atoms with E-state index >= 15 is 0 Å². The summed E-state index contributed by atoms with van der Waals surface area (Å²) in [7, 11) is 1.80. The number of rotatable bonds is 6. The fourth-order valence-corrected chi connectivity index (χ4v) is 1.30. The number of carboxylic acids is 1. The van der Waals surface area contributed by atoms with Gasteiger partial charge < -0.3 is 15.7 Å². The van der Waals surface area contributed by atoms with Crippen molar-refractivity contribution in [3.8, 4) is 0 Å². The number of urea groups is 1. The van der Waals surface area contributed by atoms with Gasteiger partial charge in [0.1, 0.15) is 0 Å². The van der Waals surface area contributed by atoms with Crippen molar-refractivity contribution in [1.29, 1.82) is 0 Å². The van der Waals surface area contributed by atoms with Crippen molar-refractivity contribution >= 4 is 17.7 Å². The molecule has 2 amide bonds. The van der Waals surface area contributed by atoms with Gasteiger partial charge >= 0.3 is 12.0 Å². The lowest BCUT2D eigenvalue weighted by Gasteiger charge is -2.11. The van der Waals surface area contributed by atoms with Crippen molar-refractivity contribution in [2.24, 2.45) is 0 Å². The Labute approximate surface area is 104 Å². The molecule has 0 unspecified atom stereocenters. The first kappa shape index (κ1) is 13.9. The van der Waals surface area contributed by atoms with Crippen LogP contribution in [0.2, 0.25) is 0 Å². The van der Waals surface area contributed by atoms with Gasteiger partial charge in [0.15, 0.2) is 6.61 Å². The Hall–Kier alpha value is -2.12. The number of benzene rings is 1. The first-order valence-electron chi connectivity index (χ1n) is 5.26. The van der Waals surface area contributed by atoms with Crippen LogP contribution in [0, 0.1) is 0 Å². The minimum Gasteiger partial charge on any atom is -0.479 e. The lowest BCUT2D eigenvalue weighted by molar-refractivity contribution is -0.143. The Kier molecular flexibility index (Phi) is 5.62. The molecule has 0 aliphatic heterocycles. The Morgan fingerprint density at radius 2 is 2.06 bits per heavy atom. The predicted octanol–water partition coefficient (Wildman–Crippen LogP) is 0.544. The molecule has 7 nitrogen and oxygen atoms in total. The summed E-state index contributed by atoms with van der Waals surface area (Å²) < 4.78 is 0. The molecule has 0 heterocycles. The van der Waals surface area contributed by atoms with Gasteiger partial charge in [0.05, 0.1) is 0 Å². The van der Waals surface area contributed by atoms with Crippen LogP contribution >= 0.6 is 0 Å². The molecule has 0 atom stereocenters. The third kappa shape index (κ3) is 4.81. The summed E-state index contributed by atoms with van der Waals surface area (Å²) >= 11 is 0. The molecule has 0 spiro atoms. The minimum atomic E-state index is -1.16. The fourth-order valence-electron chi connectivity index (χ4n) is 1.30. The molecule has 98 valence electrons. The van der Waals surface area contributed by atoms with Crippen LogP contribution < -0.4 is 16.1 Å². The van der Waals surface area contributed by atoms with Gasteiger partial charge in [0, 0.05) is 12.2 Å². The van der Waals surface area contributed by atoms with Gasteiger partial charge in [-0.25, -0.2) is 15.1 Å². The summed E-state index contributed by atoms with van der Waals surface area (Å²) in [5.74, 6) is -1.16. The Balaban J connectivity index is 2.50. The van der Waals surface area contributed by atoms with E-state index in [1.165, 1.54) is 0 Å². The first-order valence-corrected chi connectivity index (χ1v) is 5.26. The number of para-hydroxylation sites is 1. The van der Waals surface area contributed by atoms with Crippen LogP contribution in [0.15, 0.2) is 24.3 Å². The maximum Gasteiger partial charge on any atom is 0.343 e. The molecule has 18 heavy (non-hydrogen) atoms. The summed E-state index contributed by atoms with van der Waals surface area (Å²) in [5, 5.41) is 13.9. The highest BCUT2D eigenvalue weighted by molar-refractivity contribution is 5.89. The number of carbonyl (C=O) groups excluding carboxylic acids is 1. The zero-order chi connectivity index (χ0) is 13.4. The van der Waals surface area contributed by atoms with Crippen molar-refractivity contribution < 1.29 is 19.5 Å². The fraction of sp³-hybridized carbons (Fsp3) is 0.273. The Morgan fingerprint density at radius 1 is 1.33 bits per heavy atom. The first-order chi connectivity index (χ1) is 8.63. The van der Waals surface area contributed by atoms with E-state index in [0.29, 0.717) is 12.2 Å². The van der Waals surface area contributed by atoms with E-state index in [4.69, 9.17) is 5.11 Å². The maximum absolute atomic E-state index is 11.4. The predicted molar refractivity (Wildman–Crippen MR) is 64.9 cm³/mol. The lowest BCUT2D eigenvalue weighted by atomic mass is 10.2. The largest absolute Gasteiger partial charge is 0.479 e. The second-order valence-electron chi connectivity index (χ2n) is 3.43. The van der Waals surface area contributed by atoms with Gasteiger partial charge in [0.2, 0.25) is 0 Å². The molecule has 0 aliphatic rings. The van der Waals surface area contributed by atoms with Crippen LogP contribution in [0.25, 0.3) is 0 Å². The molecule has 0 bridgehead atoms. The van der Waals surface area contributed by atoms with Crippen molar-refractivity contribution in [3.05, 3.63) is 29.8 Å². The number of carbonyl (C=O) groups is 2. The average Bonchev–Trinajstić information content (AvgIpc) is 2.31. The van der Waals surface area contributed by atoms with Crippen LogP contribution in [0.4, 0.5) is 10.5 Å². The van der Waals surface area contributed by atoms with E-state index < -0.39 is 18.6 Å². The molecule has 0 saturated carbocycles. The molecule has 0 saturated heterocycles. The van der Waals surface area contributed by atoms with E-state index in [1.807, 2.05) is 17.6 Å². The zero-order valence-electron chi connectivity index (χ0n) is 9.90. The lowest BCUT2D eigenvalue weighted by Crippen LogP contribution is -2.31. The summed E-state index contributed by atoms with van der Waals surface area (Å²) in [6, 6.07) is 6.62. The van der Waals surface area contributed by atoms with Gasteiger partial charge in [-0.05, 0) is 18.7 Å². The third-order valence-corrected chi connectivity index (χ3v) is 1.99. The SMILES string of the molecule is CNCc1ccccc1NC(=O)NOCC(=O)O. The third-order valence-electron chi connectivity index (χ3n) is 1.99. The highest BCUT2D eigenvalue weighted by Crippen LogP contribution is 2.14. The molecule has 1 aromatic carbocycles. The molecular weight excluding hydrogens is 238 g/mol. The maximum atomic E-state index is 11.4. The standard InChI is InChI=1S/C11H15N3O4/c1-12-6-8-4-2-3-5-9(8)13-11(17)14-18-7-10(15)16/h2-5,12H,6-7H2,1H3,(H,15,16)(H2,13,14,17). The summed E-state index contributed by atoms with van der Waals surface area (Å²) in [4.78, 5) is 26.0. The summed E-state index contributed by atoms with van der Waals surface area (Å²) in [6.07, 6.45) is 0. The van der Waals surface area contributed by atoms with E-state index in [2.05, 4.69) is 15.5 Å². The topological polar surface area (TPSA) is 99.7 Å². The van der Waals surface area contributed by atoms with Gasteiger partial charge in [-0.3, -0.25) is 4.84 Å². The van der Waals surface area contributed by atoms with E-state index in [-0.39, 0.29) is 0 Å². The monoisotopic (exact) mass is 253 g/mol. The van der Waals surface area contributed by atoms with Gasteiger partial charge in [-0.2, -0.15) is 0 Å². The quantitative estimate of drug-likeness (QED) is 0.555. The summed E-state index contributed by atoms with van der Waals surface area (Å²) in [5.41, 5.74) is 3.52. The van der Waals surface area contributed by atoms with Crippen molar-refractivity contribution in [3.63, 3.8) is 0 Å². The van der Waals surface area contributed by atoms with Gasteiger partial charge in [0.25, 0.3) is 0 Å². The molecule has 4 N–H and O–H groups in total. The zero-order valence-corrected chi connectivity index (χ0v) is 9.90. The number of hydroxylamine groups is 1. The highest BCUT2D eigenvalue weighted by Gasteiger charge is 2.06. The smallest absolute Gasteiger partial charge is 0.343 e. The molecule has 1 rings (SSSR count). The van der Waals surface area contributed by atoms with Crippen LogP contribution in [0.5, 0.6) is 0 Å². The van der Waals surface area contributed by atoms with E-state index in [0.717, 1.165) is 5.56 Å². The number of amides is 2. The Bertz CT molecular complexity index is 423. The second-order valence-corrected chi connectivity index (χ2v) is 3.43. The van der Waals surface area contributed by atoms with Crippen molar-refractivity contribution in [2.45, 2.75) is 6.54 Å². The Morgan fingerprint density at radius 3 is 2.72 bits per heavy atom. The van der Waals surface area contributed by atoms with E-state index in [1.54, 1.807) is 19.2 Å². The van der Waals surface area contributed by atoms with Crippen molar-refractivity contribution in [2.75, 3.05) is 19.0 Å². The van der Waals surface area contributed by atoms with Crippen LogP contribution in [0.3, 0.4) is 0 Å². The van der Waals surface area contributed by atoms with Gasteiger partial charge in [-0.15, -0.1) is 0 Å². The highest BCUT2D eigenvalue weighted by atomic mass is 16.7. The number of aliphatic carboxylic acids is 1. The van der Waals surface area contributed by atoms with Gasteiger partial charge in [-0.1, -0.05) is 18.2 Å². The average molecular weight is 253 g/mol. The number of hydrogen-bond acceptors (Lipinski definition) is 4. The molecule has 7 heteroatoms. The molecule has 0 fully saturated rings. The summed E-state index contributed by atoms with van der Waals surface area (Å²) in [6.45, 7) is 0.0119. The number of hydrogen-bond donors (Lipinski definition) is 4. The second kappa shape index (κ2) is 7.25. The molecule has 1 aromatic rings. The normalized spacial score (nSPS) is 9.83. The molecular formula is C11H15N3O4. The number of nitrogens with one attached hydrogen (secondary N) is 3. The van der Waals surface area contributed by atoms with Crippen LogP contribution in [0.1, 0.15) is 5.56 Å². The molecule has 0 aromatic heterocycles. The molecule has 0 radical (unpaired) electrons. The minimum absolute atomic E-state index is 0.592. The van der Waals surface area contributed by atoms with Crippen LogP contribution in [-0.2, 0) is 16.2 Å². The number of carboxylic acid groups (broad SMARTS) is 1.